The molecule has 0 bridgehead atoms. The third kappa shape index (κ3) is 4.55. The number of aromatic nitrogens is 2. The third-order valence-electron chi connectivity index (χ3n) is 4.44. The number of rotatable bonds is 6. The summed E-state index contributed by atoms with van der Waals surface area (Å²) in [7, 11) is 0. The highest BCUT2D eigenvalue weighted by molar-refractivity contribution is 5.78. The Balaban J connectivity index is 1.56. The van der Waals surface area contributed by atoms with E-state index < -0.39 is 11.6 Å². The molecule has 2 aromatic rings. The normalized spacial score (nSPS) is 17.5. The van der Waals surface area contributed by atoms with Crippen molar-refractivity contribution in [3.8, 4) is 5.75 Å². The molecule has 1 saturated heterocycles. The first-order chi connectivity index (χ1) is 12.1. The van der Waals surface area contributed by atoms with E-state index in [-0.39, 0.29) is 24.3 Å². The van der Waals surface area contributed by atoms with Gasteiger partial charge >= 0.3 is 0 Å². The highest BCUT2D eigenvalue weighted by Gasteiger charge is 2.27. The molecule has 1 aliphatic heterocycles. The zero-order chi connectivity index (χ0) is 17.6. The fourth-order valence-corrected chi connectivity index (χ4v) is 3.16. The van der Waals surface area contributed by atoms with Crippen molar-refractivity contribution in [2.45, 2.75) is 38.3 Å². The first kappa shape index (κ1) is 17.4. The molecule has 0 radical (unpaired) electrons. The maximum Gasteiger partial charge on any atom is 0.260 e. The maximum atomic E-state index is 13.6. The van der Waals surface area contributed by atoms with Crippen LogP contribution in [0.15, 0.2) is 36.7 Å². The lowest BCUT2D eigenvalue weighted by atomic mass is 9.99. The van der Waals surface area contributed by atoms with Crippen LogP contribution in [0.3, 0.4) is 0 Å². The highest BCUT2D eigenvalue weighted by Crippen LogP contribution is 2.22. The Kier molecular flexibility index (Phi) is 5.63. The van der Waals surface area contributed by atoms with E-state index >= 15 is 0 Å². The number of halogens is 2. The average Bonchev–Trinajstić information content (AvgIpc) is 3.13. The summed E-state index contributed by atoms with van der Waals surface area (Å²) in [6.45, 7) is 1.17. The molecule has 0 saturated carbocycles. The molecule has 0 N–H and O–H groups in total. The number of piperidine rings is 1. The van der Waals surface area contributed by atoms with E-state index in [1.807, 2.05) is 21.8 Å². The number of ether oxygens (including phenoxy) is 1. The number of nitrogens with zero attached hydrogens (tertiary/aromatic N) is 3. The lowest BCUT2D eigenvalue weighted by Gasteiger charge is -2.35. The van der Waals surface area contributed by atoms with Crippen LogP contribution in [0.2, 0.25) is 0 Å². The van der Waals surface area contributed by atoms with Gasteiger partial charge in [0.15, 0.2) is 18.2 Å². The Bertz CT molecular complexity index is 706. The summed E-state index contributed by atoms with van der Waals surface area (Å²) in [6, 6.07) is 5.05. The third-order valence-corrected chi connectivity index (χ3v) is 4.44. The predicted molar refractivity (Wildman–Crippen MR) is 88.0 cm³/mol. The molecule has 25 heavy (non-hydrogen) atoms. The van der Waals surface area contributed by atoms with Crippen molar-refractivity contribution in [3.63, 3.8) is 0 Å². The highest BCUT2D eigenvalue weighted by atomic mass is 19.1. The van der Waals surface area contributed by atoms with E-state index in [9.17, 15) is 13.6 Å². The smallest absolute Gasteiger partial charge is 0.260 e. The predicted octanol–water partition coefficient (Wildman–Crippen LogP) is 3.01. The Hall–Kier alpha value is -2.44. The largest absolute Gasteiger partial charge is 0.481 e. The van der Waals surface area contributed by atoms with Crippen molar-refractivity contribution in [2.24, 2.45) is 0 Å². The van der Waals surface area contributed by atoms with Gasteiger partial charge in [0.05, 0.1) is 0 Å². The lowest BCUT2D eigenvalue weighted by Crippen LogP contribution is -2.46. The number of likely N-dealkylation sites (tertiary alicyclic amines) is 1. The monoisotopic (exact) mass is 349 g/mol. The van der Waals surface area contributed by atoms with Crippen molar-refractivity contribution in [3.05, 3.63) is 48.3 Å². The van der Waals surface area contributed by atoms with E-state index in [1.165, 1.54) is 6.07 Å². The number of amides is 1. The first-order valence-corrected chi connectivity index (χ1v) is 8.48. The minimum absolute atomic E-state index is 0.111. The molecule has 1 aliphatic rings. The summed E-state index contributed by atoms with van der Waals surface area (Å²) >= 11 is 0. The van der Waals surface area contributed by atoms with Gasteiger partial charge in [-0.15, -0.1) is 0 Å². The molecule has 2 heterocycles. The van der Waals surface area contributed by atoms with Crippen LogP contribution in [0.25, 0.3) is 0 Å². The fraction of sp³-hybridized carbons (Fsp3) is 0.444. The molecule has 3 rings (SSSR count). The topological polar surface area (TPSA) is 47.4 Å². The van der Waals surface area contributed by atoms with Crippen LogP contribution in [-0.4, -0.2) is 39.8 Å². The van der Waals surface area contributed by atoms with Gasteiger partial charge in [0, 0.05) is 37.6 Å². The summed E-state index contributed by atoms with van der Waals surface area (Å²) in [5.74, 6) is -1.76. The molecule has 0 spiro atoms. The fourth-order valence-electron chi connectivity index (χ4n) is 3.16. The standard InChI is InChI=1S/C18H21F2N3O2/c19-14-5-6-17(16(20)12-14)25-13-18(24)23-10-2-1-4-15(23)7-11-22-9-3-8-21-22/h3,5-6,8-9,12,15H,1-2,4,7,10-11,13H2. The second-order valence-electron chi connectivity index (χ2n) is 6.16. The van der Waals surface area contributed by atoms with Crippen molar-refractivity contribution in [1.82, 2.24) is 14.7 Å². The summed E-state index contributed by atoms with van der Waals surface area (Å²) in [5.41, 5.74) is 0. The van der Waals surface area contributed by atoms with E-state index in [2.05, 4.69) is 5.10 Å². The molecule has 1 aromatic carbocycles. The Morgan fingerprint density at radius 2 is 2.20 bits per heavy atom. The van der Waals surface area contributed by atoms with Crippen LogP contribution in [0.1, 0.15) is 25.7 Å². The van der Waals surface area contributed by atoms with Gasteiger partial charge in [-0.25, -0.2) is 8.78 Å². The minimum atomic E-state index is -0.804. The molecule has 1 unspecified atom stereocenters. The number of benzene rings is 1. The van der Waals surface area contributed by atoms with Crippen LogP contribution >= 0.6 is 0 Å². The molecular weight excluding hydrogens is 328 g/mol. The van der Waals surface area contributed by atoms with E-state index in [0.29, 0.717) is 6.54 Å². The zero-order valence-corrected chi connectivity index (χ0v) is 13.9. The second-order valence-corrected chi connectivity index (χ2v) is 6.16. The maximum absolute atomic E-state index is 13.6. The van der Waals surface area contributed by atoms with Gasteiger partial charge in [0.25, 0.3) is 5.91 Å². The molecule has 134 valence electrons. The van der Waals surface area contributed by atoms with Gasteiger partial charge in [0.2, 0.25) is 0 Å². The van der Waals surface area contributed by atoms with Crippen LogP contribution in [0.5, 0.6) is 5.75 Å². The molecule has 1 atom stereocenters. The van der Waals surface area contributed by atoms with E-state index in [0.717, 1.165) is 44.4 Å². The summed E-state index contributed by atoms with van der Waals surface area (Å²) < 4.78 is 33.6. The number of aryl methyl sites for hydroxylation is 1. The summed E-state index contributed by atoms with van der Waals surface area (Å²) in [4.78, 5) is 14.3. The van der Waals surface area contributed by atoms with E-state index in [1.54, 1.807) is 6.20 Å². The molecule has 1 fully saturated rings. The van der Waals surface area contributed by atoms with Crippen LogP contribution in [-0.2, 0) is 11.3 Å². The Morgan fingerprint density at radius 3 is 2.96 bits per heavy atom. The second kappa shape index (κ2) is 8.09. The average molecular weight is 349 g/mol. The van der Waals surface area contributed by atoms with Gasteiger partial charge in [-0.2, -0.15) is 5.10 Å². The number of carbonyl (C=O) groups is 1. The summed E-state index contributed by atoms with van der Waals surface area (Å²) in [5, 5.41) is 4.18. The summed E-state index contributed by atoms with van der Waals surface area (Å²) in [6.07, 6.45) is 7.43. The molecule has 0 aliphatic carbocycles. The van der Waals surface area contributed by atoms with E-state index in [4.69, 9.17) is 4.74 Å². The number of hydrogen-bond acceptors (Lipinski definition) is 3. The molecular formula is C18H21F2N3O2. The number of hydrogen-bond donors (Lipinski definition) is 0. The number of carbonyl (C=O) groups excluding carboxylic acids is 1. The van der Waals surface area contributed by atoms with Crippen molar-refractivity contribution >= 4 is 5.91 Å². The lowest BCUT2D eigenvalue weighted by molar-refractivity contribution is -0.137. The van der Waals surface area contributed by atoms with Crippen LogP contribution < -0.4 is 4.74 Å². The molecule has 7 heteroatoms. The van der Waals surface area contributed by atoms with Gasteiger partial charge in [-0.05, 0) is 43.9 Å². The van der Waals surface area contributed by atoms with Crippen LogP contribution in [0.4, 0.5) is 8.78 Å². The van der Waals surface area contributed by atoms with Gasteiger partial charge in [0.1, 0.15) is 5.82 Å². The molecule has 5 nitrogen and oxygen atoms in total. The van der Waals surface area contributed by atoms with Gasteiger partial charge in [-0.1, -0.05) is 0 Å². The van der Waals surface area contributed by atoms with Gasteiger partial charge in [-0.3, -0.25) is 9.48 Å². The minimum Gasteiger partial charge on any atom is -0.481 e. The Morgan fingerprint density at radius 1 is 1.32 bits per heavy atom. The molecule has 1 amide bonds. The van der Waals surface area contributed by atoms with Gasteiger partial charge < -0.3 is 9.64 Å². The van der Waals surface area contributed by atoms with Crippen molar-refractivity contribution in [2.75, 3.05) is 13.2 Å². The quantitative estimate of drug-likeness (QED) is 0.805. The first-order valence-electron chi connectivity index (χ1n) is 8.48. The SMILES string of the molecule is O=C(COc1ccc(F)cc1F)N1CCCCC1CCn1cccn1. The van der Waals surface area contributed by atoms with Crippen molar-refractivity contribution < 1.29 is 18.3 Å². The van der Waals surface area contributed by atoms with Crippen LogP contribution in [0, 0.1) is 11.6 Å². The molecule has 1 aromatic heterocycles. The zero-order valence-electron chi connectivity index (χ0n) is 13.9. The van der Waals surface area contributed by atoms with Crippen molar-refractivity contribution in [1.29, 1.82) is 0 Å². The Labute approximate surface area is 145 Å².